The second kappa shape index (κ2) is 16.8. The molecule has 7 nitrogen and oxygen atoms in total. The van der Waals surface area contributed by atoms with Crippen molar-refractivity contribution in [3.8, 4) is 22.8 Å². The van der Waals surface area contributed by atoms with Crippen molar-refractivity contribution in [2.75, 3.05) is 19.8 Å². The first-order valence-corrected chi connectivity index (χ1v) is 19.6. The third-order valence-corrected chi connectivity index (χ3v) is 15.7. The number of nitrogens with one attached hydrogen (secondary N) is 1. The number of nitrogens with zero attached hydrogens (tertiary/aromatic N) is 1. The monoisotopic (exact) mass is 660 g/mol. The fourth-order valence-corrected chi connectivity index (χ4v) is 13.0. The molecule has 4 rings (SSSR count). The summed E-state index contributed by atoms with van der Waals surface area (Å²) < 4.78 is 25.1. The standard InChI is InChI=1S/C39H56N2O5Si/c1-10-43-36(18-19-46-47(26(2)3,27(4)5)28(6)7)33-14-17-38(40-23-33)45-24-31-12-11-13-32(22-31)39-29(8)20-35(21-30(39)9)44-25-34-15-16-37(42)41-34/h11-14,17,20-23,26-28,34,36H,10,15-16,18-19,24-25H2,1-9H3,(H,41,42)/t34-,36+/m1/s1. The number of benzene rings is 2. The van der Waals surface area contributed by atoms with Gasteiger partial charge in [0.25, 0.3) is 0 Å². The van der Waals surface area contributed by atoms with Gasteiger partial charge in [-0.3, -0.25) is 4.79 Å². The minimum Gasteiger partial charge on any atom is -0.491 e. The van der Waals surface area contributed by atoms with Crippen LogP contribution in [0.3, 0.4) is 0 Å². The van der Waals surface area contributed by atoms with Crippen LogP contribution in [0.4, 0.5) is 0 Å². The highest BCUT2D eigenvalue weighted by molar-refractivity contribution is 6.77. The summed E-state index contributed by atoms with van der Waals surface area (Å²) in [5.41, 5.74) is 8.40. The zero-order valence-electron chi connectivity index (χ0n) is 30.0. The SMILES string of the molecule is CCO[C@@H](CCO[Si](C(C)C)(C(C)C)C(C)C)c1ccc(OCc2cccc(-c3c(C)cc(OC[C@H]4CCC(=O)N4)cc3C)c2)nc1. The highest BCUT2D eigenvalue weighted by atomic mass is 28.4. The van der Waals surface area contributed by atoms with E-state index in [1.807, 2.05) is 19.2 Å². The lowest BCUT2D eigenvalue weighted by atomic mass is 9.94. The third-order valence-electron chi connectivity index (χ3n) is 9.58. The molecule has 256 valence electrons. The van der Waals surface area contributed by atoms with Gasteiger partial charge in [0.1, 0.15) is 19.0 Å². The topological polar surface area (TPSA) is 78.9 Å². The molecule has 2 atom stereocenters. The maximum Gasteiger partial charge on any atom is 0.220 e. The summed E-state index contributed by atoms with van der Waals surface area (Å²) in [6, 6.07) is 16.7. The number of amides is 1. The zero-order valence-corrected chi connectivity index (χ0v) is 31.0. The number of hydrogen-bond acceptors (Lipinski definition) is 6. The Morgan fingerprint density at radius 2 is 1.64 bits per heavy atom. The summed E-state index contributed by atoms with van der Waals surface area (Å²) in [5.74, 6) is 1.52. The number of carbonyl (C=O) groups excluding carboxylic acids is 1. The lowest BCUT2D eigenvalue weighted by Gasteiger charge is -2.42. The maximum absolute atomic E-state index is 11.5. The minimum atomic E-state index is -1.92. The van der Waals surface area contributed by atoms with Crippen LogP contribution in [0, 0.1) is 13.8 Å². The summed E-state index contributed by atoms with van der Waals surface area (Å²) in [5, 5.41) is 2.96. The number of ether oxygens (including phenoxy) is 3. The molecular formula is C39H56N2O5Si. The Morgan fingerprint density at radius 3 is 2.21 bits per heavy atom. The Balaban J connectivity index is 1.36. The largest absolute Gasteiger partial charge is 0.491 e. The first-order valence-electron chi connectivity index (χ1n) is 17.4. The predicted octanol–water partition coefficient (Wildman–Crippen LogP) is 9.26. The Bertz CT molecular complexity index is 1410. The van der Waals surface area contributed by atoms with Gasteiger partial charge >= 0.3 is 0 Å². The molecule has 0 unspecified atom stereocenters. The molecule has 8 heteroatoms. The predicted molar refractivity (Wildman–Crippen MR) is 193 cm³/mol. The van der Waals surface area contributed by atoms with Crippen LogP contribution in [0.5, 0.6) is 11.6 Å². The van der Waals surface area contributed by atoms with E-state index in [4.69, 9.17) is 18.6 Å². The first kappa shape index (κ1) is 36.6. The van der Waals surface area contributed by atoms with Crippen LogP contribution in [0.25, 0.3) is 11.1 Å². The van der Waals surface area contributed by atoms with Crippen molar-refractivity contribution in [3.63, 3.8) is 0 Å². The van der Waals surface area contributed by atoms with Crippen LogP contribution in [0.1, 0.15) is 96.1 Å². The molecule has 1 aromatic heterocycles. The Morgan fingerprint density at radius 1 is 0.936 bits per heavy atom. The second-order valence-corrected chi connectivity index (χ2v) is 19.3. The van der Waals surface area contributed by atoms with Gasteiger partial charge in [-0.2, -0.15) is 0 Å². The molecule has 1 saturated heterocycles. The Kier molecular flexibility index (Phi) is 13.1. The average molecular weight is 661 g/mol. The van der Waals surface area contributed by atoms with Gasteiger partial charge in [0.2, 0.25) is 11.8 Å². The molecular weight excluding hydrogens is 605 g/mol. The maximum atomic E-state index is 11.5. The Hall–Kier alpha value is -3.20. The number of rotatable bonds is 17. The second-order valence-electron chi connectivity index (χ2n) is 13.9. The molecule has 0 bridgehead atoms. The summed E-state index contributed by atoms with van der Waals surface area (Å²) in [6.45, 7) is 22.4. The van der Waals surface area contributed by atoms with Gasteiger partial charge in [-0.15, -0.1) is 0 Å². The van der Waals surface area contributed by atoms with Crippen LogP contribution in [0.15, 0.2) is 54.7 Å². The van der Waals surface area contributed by atoms with Crippen molar-refractivity contribution in [1.82, 2.24) is 10.3 Å². The number of carbonyl (C=O) groups is 1. The molecule has 1 aliphatic rings. The fraction of sp³-hybridized carbons (Fsp3) is 0.538. The highest BCUT2D eigenvalue weighted by Gasteiger charge is 2.45. The van der Waals surface area contributed by atoms with Crippen molar-refractivity contribution in [2.24, 2.45) is 0 Å². The molecule has 1 amide bonds. The lowest BCUT2D eigenvalue weighted by Crippen LogP contribution is -2.48. The van der Waals surface area contributed by atoms with Crippen LogP contribution in [0.2, 0.25) is 16.6 Å². The van der Waals surface area contributed by atoms with Crippen LogP contribution < -0.4 is 14.8 Å². The molecule has 1 aliphatic heterocycles. The molecule has 2 aromatic carbocycles. The fourth-order valence-electron chi connectivity index (χ4n) is 7.49. The molecule has 0 aliphatic carbocycles. The molecule has 0 spiro atoms. The smallest absolute Gasteiger partial charge is 0.220 e. The number of hydrogen-bond donors (Lipinski definition) is 1. The summed E-state index contributed by atoms with van der Waals surface area (Å²) in [4.78, 5) is 16.1. The van der Waals surface area contributed by atoms with Crippen molar-refractivity contribution in [2.45, 2.75) is 117 Å². The van der Waals surface area contributed by atoms with Gasteiger partial charge < -0.3 is 24.0 Å². The van der Waals surface area contributed by atoms with Gasteiger partial charge in [-0.05, 0) is 108 Å². The summed E-state index contributed by atoms with van der Waals surface area (Å²) >= 11 is 0. The average Bonchev–Trinajstić information content (AvgIpc) is 3.45. The number of aromatic nitrogens is 1. The summed E-state index contributed by atoms with van der Waals surface area (Å²) in [6.07, 6.45) is 4.01. The van der Waals surface area contributed by atoms with Crippen molar-refractivity contribution in [3.05, 3.63) is 77.0 Å². The van der Waals surface area contributed by atoms with Crippen molar-refractivity contribution >= 4 is 14.2 Å². The van der Waals surface area contributed by atoms with Crippen molar-refractivity contribution < 1.29 is 23.4 Å². The van der Waals surface area contributed by atoms with E-state index in [0.717, 1.165) is 46.4 Å². The number of pyridine rings is 1. The van der Waals surface area contributed by atoms with Gasteiger partial charge in [0.05, 0.1) is 12.1 Å². The first-order chi connectivity index (χ1) is 22.4. The van der Waals surface area contributed by atoms with E-state index in [0.29, 0.717) is 55.4 Å². The van der Waals surface area contributed by atoms with Gasteiger partial charge in [-0.25, -0.2) is 4.98 Å². The quantitative estimate of drug-likeness (QED) is 0.145. The zero-order chi connectivity index (χ0) is 34.1. The van der Waals surface area contributed by atoms with Crippen molar-refractivity contribution in [1.29, 1.82) is 0 Å². The number of aryl methyl sites for hydroxylation is 2. The Labute approximate surface area is 283 Å². The van der Waals surface area contributed by atoms with E-state index >= 15 is 0 Å². The van der Waals surface area contributed by atoms with E-state index in [2.05, 4.69) is 108 Å². The third kappa shape index (κ3) is 9.24. The van der Waals surface area contributed by atoms with E-state index in [1.54, 1.807) is 0 Å². The lowest BCUT2D eigenvalue weighted by molar-refractivity contribution is -0.119. The van der Waals surface area contributed by atoms with E-state index in [9.17, 15) is 4.79 Å². The van der Waals surface area contributed by atoms with Gasteiger partial charge in [0, 0.05) is 31.9 Å². The van der Waals surface area contributed by atoms with Crippen LogP contribution >= 0.6 is 0 Å². The molecule has 1 fully saturated rings. The molecule has 0 saturated carbocycles. The van der Waals surface area contributed by atoms with E-state index in [1.165, 1.54) is 5.56 Å². The van der Waals surface area contributed by atoms with Gasteiger partial charge in [0.15, 0.2) is 8.32 Å². The normalized spacial score (nSPS) is 15.8. The highest BCUT2D eigenvalue weighted by Crippen LogP contribution is 2.42. The molecule has 1 N–H and O–H groups in total. The van der Waals surface area contributed by atoms with E-state index < -0.39 is 8.32 Å². The molecule has 47 heavy (non-hydrogen) atoms. The minimum absolute atomic E-state index is 0.0664. The van der Waals surface area contributed by atoms with Crippen LogP contribution in [-0.2, 0) is 20.6 Å². The molecule has 0 radical (unpaired) electrons. The summed E-state index contributed by atoms with van der Waals surface area (Å²) in [7, 11) is -1.92. The van der Waals surface area contributed by atoms with Gasteiger partial charge in [-0.1, -0.05) is 59.7 Å². The molecule has 3 aromatic rings. The van der Waals surface area contributed by atoms with E-state index in [-0.39, 0.29) is 18.1 Å². The molecule has 2 heterocycles. The van der Waals surface area contributed by atoms with Crippen LogP contribution in [-0.4, -0.2) is 45.1 Å².